The van der Waals surface area contributed by atoms with Crippen LogP contribution >= 0.6 is 15.9 Å². The maximum absolute atomic E-state index is 11.5. The van der Waals surface area contributed by atoms with E-state index >= 15 is 0 Å². The second-order valence-corrected chi connectivity index (χ2v) is 5.75. The molecule has 2 unspecified atom stereocenters. The highest BCUT2D eigenvalue weighted by Crippen LogP contribution is 2.18. The summed E-state index contributed by atoms with van der Waals surface area (Å²) >= 11 is 3.44. The molecule has 0 spiro atoms. The van der Waals surface area contributed by atoms with Crippen molar-refractivity contribution in [3.63, 3.8) is 0 Å². The molecule has 1 fully saturated rings. The number of amides is 1. The molecule has 1 aromatic carbocycles. The molecule has 1 heterocycles. The Hall–Kier alpha value is -0.870. The summed E-state index contributed by atoms with van der Waals surface area (Å²) in [5, 5.41) is 6.46. The fourth-order valence-electron chi connectivity index (χ4n) is 2.32. The minimum Gasteiger partial charge on any atom is -0.356 e. The summed E-state index contributed by atoms with van der Waals surface area (Å²) in [6.07, 6.45) is 2.69. The third-order valence-electron chi connectivity index (χ3n) is 3.34. The van der Waals surface area contributed by atoms with Crippen LogP contribution < -0.4 is 10.6 Å². The zero-order chi connectivity index (χ0) is 13.0. The van der Waals surface area contributed by atoms with Crippen LogP contribution in [0.5, 0.6) is 0 Å². The van der Waals surface area contributed by atoms with Crippen molar-refractivity contribution in [1.82, 2.24) is 10.6 Å². The molecule has 0 aliphatic carbocycles. The van der Waals surface area contributed by atoms with E-state index in [-0.39, 0.29) is 18.0 Å². The summed E-state index contributed by atoms with van der Waals surface area (Å²) in [7, 11) is 0. The Kier molecular flexibility index (Phi) is 4.78. The number of carbonyl (C=O) groups excluding carboxylic acids is 1. The van der Waals surface area contributed by atoms with Gasteiger partial charge in [-0.1, -0.05) is 28.1 Å². The van der Waals surface area contributed by atoms with Crippen molar-refractivity contribution in [3.8, 4) is 0 Å². The van der Waals surface area contributed by atoms with Crippen molar-refractivity contribution in [2.45, 2.75) is 38.3 Å². The fraction of sp³-hybridized carbons (Fsp3) is 0.500. The Morgan fingerprint density at radius 3 is 2.83 bits per heavy atom. The second kappa shape index (κ2) is 6.34. The Morgan fingerprint density at radius 2 is 2.11 bits per heavy atom. The molecule has 3 nitrogen and oxygen atoms in total. The van der Waals surface area contributed by atoms with Crippen molar-refractivity contribution in [1.29, 1.82) is 0 Å². The number of nitrogens with one attached hydrogen (secondary N) is 2. The van der Waals surface area contributed by atoms with E-state index in [0.717, 1.165) is 23.9 Å². The molecule has 98 valence electrons. The maximum Gasteiger partial charge on any atom is 0.221 e. The van der Waals surface area contributed by atoms with Crippen LogP contribution in [-0.2, 0) is 4.79 Å². The van der Waals surface area contributed by atoms with Gasteiger partial charge in [-0.05, 0) is 37.5 Å². The van der Waals surface area contributed by atoms with Crippen LogP contribution in [-0.4, -0.2) is 18.5 Å². The van der Waals surface area contributed by atoms with E-state index in [4.69, 9.17) is 0 Å². The lowest BCUT2D eigenvalue weighted by Gasteiger charge is -2.21. The first-order valence-corrected chi connectivity index (χ1v) is 7.22. The molecular weight excluding hydrogens is 292 g/mol. The molecule has 4 heteroatoms. The molecule has 2 atom stereocenters. The summed E-state index contributed by atoms with van der Waals surface area (Å²) in [4.78, 5) is 11.5. The predicted molar refractivity (Wildman–Crippen MR) is 76.3 cm³/mol. The predicted octanol–water partition coefficient (Wildman–Crippen LogP) is 2.77. The lowest BCUT2D eigenvalue weighted by Crippen LogP contribution is -2.34. The van der Waals surface area contributed by atoms with Gasteiger partial charge in [-0.3, -0.25) is 4.79 Å². The molecule has 18 heavy (non-hydrogen) atoms. The van der Waals surface area contributed by atoms with Crippen LogP contribution in [0.3, 0.4) is 0 Å². The van der Waals surface area contributed by atoms with Crippen molar-refractivity contribution in [3.05, 3.63) is 34.3 Å². The van der Waals surface area contributed by atoms with Crippen LogP contribution in [0.1, 0.15) is 37.8 Å². The van der Waals surface area contributed by atoms with E-state index in [1.54, 1.807) is 0 Å². The Labute approximate surface area is 116 Å². The summed E-state index contributed by atoms with van der Waals surface area (Å²) < 4.78 is 1.09. The number of halogens is 1. The lowest BCUT2D eigenvalue weighted by atomic mass is 10.0. The molecule has 0 bridgehead atoms. The Bertz CT molecular complexity index is 405. The van der Waals surface area contributed by atoms with Crippen LogP contribution in [0.25, 0.3) is 0 Å². The van der Waals surface area contributed by atoms with E-state index < -0.39 is 0 Å². The molecule has 1 amide bonds. The summed E-state index contributed by atoms with van der Waals surface area (Å²) in [6.45, 7) is 2.95. The molecule has 0 radical (unpaired) electrons. The largest absolute Gasteiger partial charge is 0.356 e. The van der Waals surface area contributed by atoms with Gasteiger partial charge in [0.15, 0.2) is 0 Å². The smallest absolute Gasteiger partial charge is 0.221 e. The van der Waals surface area contributed by atoms with Gasteiger partial charge < -0.3 is 10.6 Å². The van der Waals surface area contributed by atoms with E-state index in [1.807, 2.05) is 12.1 Å². The topological polar surface area (TPSA) is 41.1 Å². The number of hydrogen-bond donors (Lipinski definition) is 2. The minimum atomic E-state index is 0.160. The van der Waals surface area contributed by atoms with Gasteiger partial charge in [-0.15, -0.1) is 0 Å². The molecule has 2 rings (SSSR count). The molecule has 1 aromatic rings. The maximum atomic E-state index is 11.5. The molecular formula is C14H19BrN2O. The number of carbonyl (C=O) groups is 1. The quantitative estimate of drug-likeness (QED) is 0.901. The van der Waals surface area contributed by atoms with Gasteiger partial charge in [-0.2, -0.15) is 0 Å². The lowest BCUT2D eigenvalue weighted by molar-refractivity contribution is -0.121. The zero-order valence-corrected chi connectivity index (χ0v) is 12.2. The Morgan fingerprint density at radius 1 is 1.39 bits per heavy atom. The molecule has 1 aliphatic rings. The number of rotatable bonds is 3. The van der Waals surface area contributed by atoms with Crippen LogP contribution in [0, 0.1) is 0 Å². The summed E-state index contributed by atoms with van der Waals surface area (Å²) in [5.41, 5.74) is 1.25. The highest BCUT2D eigenvalue weighted by atomic mass is 79.9. The van der Waals surface area contributed by atoms with Crippen LogP contribution in [0.15, 0.2) is 28.7 Å². The second-order valence-electron chi connectivity index (χ2n) is 4.83. The SMILES string of the molecule is CC(NC1CCCNC(=O)C1)c1ccc(Br)cc1. The van der Waals surface area contributed by atoms with E-state index in [1.165, 1.54) is 5.56 Å². The van der Waals surface area contributed by atoms with Crippen molar-refractivity contribution < 1.29 is 4.79 Å². The average molecular weight is 311 g/mol. The highest BCUT2D eigenvalue weighted by molar-refractivity contribution is 9.10. The van der Waals surface area contributed by atoms with Gasteiger partial charge in [-0.25, -0.2) is 0 Å². The van der Waals surface area contributed by atoms with Gasteiger partial charge in [0, 0.05) is 29.5 Å². The first-order chi connectivity index (χ1) is 8.65. The number of benzene rings is 1. The zero-order valence-electron chi connectivity index (χ0n) is 10.6. The van der Waals surface area contributed by atoms with E-state index in [9.17, 15) is 4.79 Å². The van der Waals surface area contributed by atoms with Crippen LogP contribution in [0.4, 0.5) is 0 Å². The number of hydrogen-bond acceptors (Lipinski definition) is 2. The van der Waals surface area contributed by atoms with Gasteiger partial charge >= 0.3 is 0 Å². The first kappa shape index (κ1) is 13.6. The van der Waals surface area contributed by atoms with Crippen molar-refractivity contribution >= 4 is 21.8 Å². The molecule has 0 aromatic heterocycles. The summed E-state index contributed by atoms with van der Waals surface area (Å²) in [5.74, 6) is 0.160. The van der Waals surface area contributed by atoms with Gasteiger partial charge in [0.1, 0.15) is 0 Å². The standard InChI is InChI=1S/C14H19BrN2O/c1-10(11-4-6-12(15)7-5-11)17-13-3-2-8-16-14(18)9-13/h4-7,10,13,17H,2-3,8-9H2,1H3,(H,16,18). The van der Waals surface area contributed by atoms with E-state index in [2.05, 4.69) is 45.6 Å². The molecule has 0 saturated carbocycles. The molecule has 1 aliphatic heterocycles. The molecule has 1 saturated heterocycles. The third-order valence-corrected chi connectivity index (χ3v) is 3.87. The van der Waals surface area contributed by atoms with Crippen molar-refractivity contribution in [2.24, 2.45) is 0 Å². The third kappa shape index (κ3) is 3.82. The van der Waals surface area contributed by atoms with E-state index in [0.29, 0.717) is 6.42 Å². The van der Waals surface area contributed by atoms with Gasteiger partial charge in [0.05, 0.1) is 0 Å². The Balaban J connectivity index is 1.95. The van der Waals surface area contributed by atoms with Crippen LogP contribution in [0.2, 0.25) is 0 Å². The van der Waals surface area contributed by atoms with Gasteiger partial charge in [0.25, 0.3) is 0 Å². The minimum absolute atomic E-state index is 0.160. The van der Waals surface area contributed by atoms with Crippen molar-refractivity contribution in [2.75, 3.05) is 6.54 Å². The van der Waals surface area contributed by atoms with Gasteiger partial charge in [0.2, 0.25) is 5.91 Å². The summed E-state index contributed by atoms with van der Waals surface area (Å²) in [6, 6.07) is 8.87. The normalized spacial score (nSPS) is 22.1. The highest BCUT2D eigenvalue weighted by Gasteiger charge is 2.19. The molecule has 2 N–H and O–H groups in total. The fourth-order valence-corrected chi connectivity index (χ4v) is 2.58. The monoisotopic (exact) mass is 310 g/mol. The average Bonchev–Trinajstić information content (AvgIpc) is 2.54. The first-order valence-electron chi connectivity index (χ1n) is 6.43.